The first-order chi connectivity index (χ1) is 18.6. The fraction of sp³-hybridized carbons (Fsp3) is 0.0625. The van der Waals surface area contributed by atoms with Crippen LogP contribution in [0.1, 0.15) is 5.56 Å². The van der Waals surface area contributed by atoms with Crippen LogP contribution < -0.4 is 15.1 Å². The van der Waals surface area contributed by atoms with Crippen molar-refractivity contribution in [1.29, 1.82) is 0 Å². The highest BCUT2D eigenvalue weighted by Crippen LogP contribution is 2.40. The van der Waals surface area contributed by atoms with Crippen LogP contribution in [0.15, 0.2) is 117 Å². The molecule has 0 atom stereocenters. The minimum atomic E-state index is -0.521. The lowest BCUT2D eigenvalue weighted by molar-refractivity contribution is -0.133. The summed E-state index contributed by atoms with van der Waals surface area (Å²) in [6.45, 7) is 0. The standard InChI is InChI=1S/C32H22O6/c1-35-26-14-8-13-22-16-27(38-32(22)26)25-19-31(34)37-29-17-23(21-11-6-3-7-12-21)28(18-24(25)29)36-30(33)15-20-9-4-2-5-10-20/h2-14,16-19H,15H2,1H3. The number of ether oxygens (including phenoxy) is 2. The number of esters is 1. The summed E-state index contributed by atoms with van der Waals surface area (Å²) in [4.78, 5) is 25.6. The van der Waals surface area contributed by atoms with Gasteiger partial charge in [0.2, 0.25) is 0 Å². The average Bonchev–Trinajstić information content (AvgIpc) is 3.38. The van der Waals surface area contributed by atoms with Crippen molar-refractivity contribution in [1.82, 2.24) is 0 Å². The molecule has 0 N–H and O–H groups in total. The van der Waals surface area contributed by atoms with Gasteiger partial charge in [-0.1, -0.05) is 72.8 Å². The summed E-state index contributed by atoms with van der Waals surface area (Å²) in [6, 6.07) is 31.2. The Morgan fingerprint density at radius 3 is 2.29 bits per heavy atom. The second-order valence-corrected chi connectivity index (χ2v) is 8.82. The van der Waals surface area contributed by atoms with Gasteiger partial charge in [-0.2, -0.15) is 0 Å². The van der Waals surface area contributed by atoms with Gasteiger partial charge in [-0.05, 0) is 35.4 Å². The highest BCUT2D eigenvalue weighted by atomic mass is 16.5. The minimum Gasteiger partial charge on any atom is -0.493 e. The zero-order valence-corrected chi connectivity index (χ0v) is 20.5. The summed E-state index contributed by atoms with van der Waals surface area (Å²) in [7, 11) is 1.57. The third-order valence-corrected chi connectivity index (χ3v) is 6.34. The van der Waals surface area contributed by atoms with Gasteiger partial charge in [-0.15, -0.1) is 0 Å². The van der Waals surface area contributed by atoms with Gasteiger partial charge >= 0.3 is 11.6 Å². The van der Waals surface area contributed by atoms with Crippen LogP contribution in [-0.4, -0.2) is 13.1 Å². The number of carbonyl (C=O) groups is 1. The van der Waals surface area contributed by atoms with Gasteiger partial charge in [-0.3, -0.25) is 4.79 Å². The van der Waals surface area contributed by atoms with E-state index in [0.29, 0.717) is 44.9 Å². The maximum atomic E-state index is 13.0. The number of hydrogen-bond acceptors (Lipinski definition) is 6. The molecule has 6 rings (SSSR count). The van der Waals surface area contributed by atoms with Gasteiger partial charge in [0.05, 0.1) is 13.5 Å². The van der Waals surface area contributed by atoms with Gasteiger partial charge < -0.3 is 18.3 Å². The molecule has 0 saturated heterocycles. The van der Waals surface area contributed by atoms with Crippen LogP contribution in [0.5, 0.6) is 11.5 Å². The first-order valence-corrected chi connectivity index (χ1v) is 12.1. The van der Waals surface area contributed by atoms with E-state index in [9.17, 15) is 9.59 Å². The van der Waals surface area contributed by atoms with Crippen LogP contribution in [0.2, 0.25) is 0 Å². The molecule has 6 aromatic rings. The van der Waals surface area contributed by atoms with E-state index in [1.165, 1.54) is 6.07 Å². The summed E-state index contributed by atoms with van der Waals surface area (Å²) in [5, 5.41) is 1.40. The van der Waals surface area contributed by atoms with Crippen molar-refractivity contribution in [3.63, 3.8) is 0 Å². The minimum absolute atomic E-state index is 0.118. The van der Waals surface area contributed by atoms with Crippen molar-refractivity contribution in [2.75, 3.05) is 7.11 Å². The van der Waals surface area contributed by atoms with Crippen LogP contribution >= 0.6 is 0 Å². The lowest BCUT2D eigenvalue weighted by atomic mass is 10.00. The first kappa shape index (κ1) is 23.3. The third kappa shape index (κ3) is 4.44. The predicted molar refractivity (Wildman–Crippen MR) is 145 cm³/mol. The average molecular weight is 503 g/mol. The van der Waals surface area contributed by atoms with Crippen molar-refractivity contribution >= 4 is 27.9 Å². The van der Waals surface area contributed by atoms with E-state index in [0.717, 1.165) is 16.5 Å². The van der Waals surface area contributed by atoms with Gasteiger partial charge in [0.25, 0.3) is 0 Å². The Kier molecular flexibility index (Phi) is 5.98. The molecular formula is C32H22O6. The number of para-hydroxylation sites is 1. The zero-order chi connectivity index (χ0) is 26.1. The second-order valence-electron chi connectivity index (χ2n) is 8.82. The molecule has 0 bridgehead atoms. The number of fused-ring (bicyclic) bond motifs is 2. The van der Waals surface area contributed by atoms with Crippen LogP contribution in [0.3, 0.4) is 0 Å². The van der Waals surface area contributed by atoms with E-state index in [-0.39, 0.29) is 6.42 Å². The van der Waals surface area contributed by atoms with Gasteiger partial charge in [-0.25, -0.2) is 4.79 Å². The van der Waals surface area contributed by atoms with E-state index >= 15 is 0 Å². The molecule has 6 heteroatoms. The summed E-state index contributed by atoms with van der Waals surface area (Å²) in [6.07, 6.45) is 0.118. The van der Waals surface area contributed by atoms with E-state index in [2.05, 4.69) is 0 Å². The molecule has 2 heterocycles. The number of benzene rings is 4. The van der Waals surface area contributed by atoms with Crippen molar-refractivity contribution in [3.05, 3.63) is 119 Å². The summed E-state index contributed by atoms with van der Waals surface area (Å²) in [5.74, 6) is 1.01. The molecule has 0 saturated carbocycles. The SMILES string of the molecule is COc1cccc2cc(-c3cc(=O)oc4cc(-c5ccccc5)c(OC(=O)Cc5ccccc5)cc34)oc12. The fourth-order valence-corrected chi connectivity index (χ4v) is 4.57. The van der Waals surface area contributed by atoms with Crippen LogP contribution in [-0.2, 0) is 11.2 Å². The monoisotopic (exact) mass is 502 g/mol. The molecule has 6 nitrogen and oxygen atoms in total. The van der Waals surface area contributed by atoms with Gasteiger partial charge in [0.1, 0.15) is 17.1 Å². The zero-order valence-electron chi connectivity index (χ0n) is 20.5. The van der Waals surface area contributed by atoms with Crippen molar-refractivity contribution in [2.24, 2.45) is 0 Å². The maximum Gasteiger partial charge on any atom is 0.336 e. The topological polar surface area (TPSA) is 78.9 Å². The Balaban J connectivity index is 1.52. The van der Waals surface area contributed by atoms with Crippen molar-refractivity contribution < 1.29 is 23.1 Å². The number of hydrogen-bond donors (Lipinski definition) is 0. The van der Waals surface area contributed by atoms with E-state index in [1.807, 2.05) is 84.9 Å². The molecule has 0 aliphatic carbocycles. The second kappa shape index (κ2) is 9.75. The fourth-order valence-electron chi connectivity index (χ4n) is 4.57. The molecule has 0 unspecified atom stereocenters. The van der Waals surface area contributed by atoms with Crippen LogP contribution in [0.4, 0.5) is 0 Å². The molecule has 0 amide bonds. The molecule has 2 aromatic heterocycles. The molecule has 0 spiro atoms. The molecule has 0 aliphatic heterocycles. The number of methoxy groups -OCH3 is 1. The quantitative estimate of drug-likeness (QED) is 0.138. The van der Waals surface area contributed by atoms with Crippen molar-refractivity contribution in [3.8, 4) is 33.9 Å². The van der Waals surface area contributed by atoms with Gasteiger partial charge in [0.15, 0.2) is 11.3 Å². The first-order valence-electron chi connectivity index (χ1n) is 12.1. The van der Waals surface area contributed by atoms with E-state index in [1.54, 1.807) is 19.2 Å². The normalized spacial score (nSPS) is 11.1. The number of rotatable bonds is 6. The molecule has 0 aliphatic rings. The molecule has 186 valence electrons. The Morgan fingerprint density at radius 2 is 1.53 bits per heavy atom. The van der Waals surface area contributed by atoms with Crippen LogP contribution in [0.25, 0.3) is 44.4 Å². The smallest absolute Gasteiger partial charge is 0.336 e. The largest absolute Gasteiger partial charge is 0.493 e. The highest BCUT2D eigenvalue weighted by Gasteiger charge is 2.19. The number of carbonyl (C=O) groups excluding carboxylic acids is 1. The Labute approximate surface area is 217 Å². The van der Waals surface area contributed by atoms with Crippen LogP contribution in [0, 0.1) is 0 Å². The van der Waals surface area contributed by atoms with E-state index < -0.39 is 11.6 Å². The Morgan fingerprint density at radius 1 is 0.763 bits per heavy atom. The maximum absolute atomic E-state index is 13.0. The lowest BCUT2D eigenvalue weighted by Gasteiger charge is -2.13. The highest BCUT2D eigenvalue weighted by molar-refractivity contribution is 5.99. The molecule has 0 fully saturated rings. The molecule has 0 radical (unpaired) electrons. The summed E-state index contributed by atoms with van der Waals surface area (Å²) >= 11 is 0. The number of furan rings is 1. The lowest BCUT2D eigenvalue weighted by Crippen LogP contribution is -2.12. The molecular weight excluding hydrogens is 480 g/mol. The van der Waals surface area contributed by atoms with Gasteiger partial charge in [0, 0.05) is 28.0 Å². The third-order valence-electron chi connectivity index (χ3n) is 6.34. The predicted octanol–water partition coefficient (Wildman–Crippen LogP) is 7.03. The molecule has 4 aromatic carbocycles. The molecule has 38 heavy (non-hydrogen) atoms. The Hall–Kier alpha value is -5.10. The Bertz CT molecular complexity index is 1830. The summed E-state index contributed by atoms with van der Waals surface area (Å²) in [5.41, 5.74) is 3.22. The summed E-state index contributed by atoms with van der Waals surface area (Å²) < 4.78 is 23.1. The van der Waals surface area contributed by atoms with Crippen molar-refractivity contribution in [2.45, 2.75) is 6.42 Å². The van der Waals surface area contributed by atoms with E-state index in [4.69, 9.17) is 18.3 Å².